The summed E-state index contributed by atoms with van der Waals surface area (Å²) in [6.45, 7) is 1.89. The number of hydrogen-bond acceptors (Lipinski definition) is 4. The van der Waals surface area contributed by atoms with Crippen LogP contribution in [0.2, 0.25) is 0 Å². The molecular weight excluding hydrogens is 456 g/mol. The molecule has 0 saturated carbocycles. The summed E-state index contributed by atoms with van der Waals surface area (Å²) < 4.78 is 0. The molecule has 3 aromatic carbocycles. The molecule has 3 rings (SSSR count). The maximum Gasteiger partial charge on any atom is 0.244 e. The molecule has 0 aliphatic rings. The van der Waals surface area contributed by atoms with Gasteiger partial charge in [0.15, 0.2) is 0 Å². The Morgan fingerprint density at radius 1 is 0.861 bits per heavy atom. The number of nitrogens with two attached hydrogens (primary N) is 2. The van der Waals surface area contributed by atoms with E-state index >= 15 is 0 Å². The van der Waals surface area contributed by atoms with E-state index in [-0.39, 0.29) is 25.3 Å². The Hall–Kier alpha value is -4.20. The lowest BCUT2D eigenvalue weighted by atomic mass is 9.78. The zero-order valence-corrected chi connectivity index (χ0v) is 20.3. The molecule has 0 aromatic heterocycles. The molecule has 188 valence electrons. The monoisotopic (exact) mass is 488 g/mol. The van der Waals surface area contributed by atoms with E-state index in [0.29, 0.717) is 6.42 Å². The molecule has 0 radical (unpaired) electrons. The molecule has 6 N–H and O–H groups in total. The van der Waals surface area contributed by atoms with Crippen LogP contribution >= 0.6 is 0 Å². The molecule has 0 saturated heterocycles. The average molecular weight is 489 g/mol. The molecule has 0 spiro atoms. The van der Waals surface area contributed by atoms with Crippen LogP contribution in [0.15, 0.2) is 72.8 Å². The second-order valence-corrected chi connectivity index (χ2v) is 9.03. The predicted octanol–water partition coefficient (Wildman–Crippen LogP) is 2.33. The van der Waals surface area contributed by atoms with Crippen molar-refractivity contribution in [3.05, 3.63) is 83.9 Å². The molecule has 8 heteroatoms. The average Bonchev–Trinajstić information content (AvgIpc) is 2.86. The van der Waals surface area contributed by atoms with Gasteiger partial charge >= 0.3 is 0 Å². The van der Waals surface area contributed by atoms with Crippen LogP contribution in [-0.4, -0.2) is 29.2 Å². The third kappa shape index (κ3) is 6.69. The zero-order valence-electron chi connectivity index (χ0n) is 20.3. The van der Waals surface area contributed by atoms with Crippen LogP contribution in [0.25, 0.3) is 10.8 Å². The summed E-state index contributed by atoms with van der Waals surface area (Å²) in [4.78, 5) is 50.0. The van der Waals surface area contributed by atoms with E-state index in [1.165, 1.54) is 0 Å². The fraction of sp³-hybridized carbons (Fsp3) is 0.286. The fourth-order valence-electron chi connectivity index (χ4n) is 4.39. The molecule has 0 aliphatic carbocycles. The maximum atomic E-state index is 12.8. The number of amides is 4. The van der Waals surface area contributed by atoms with Crippen molar-refractivity contribution >= 4 is 34.4 Å². The summed E-state index contributed by atoms with van der Waals surface area (Å²) in [6, 6.07) is 23.1. The molecule has 0 aliphatic heterocycles. The topological polar surface area (TPSA) is 144 Å². The Kier molecular flexibility index (Phi) is 8.78. The maximum absolute atomic E-state index is 12.8. The summed E-state index contributed by atoms with van der Waals surface area (Å²) in [5.74, 6) is -3.30. The molecule has 0 bridgehead atoms. The quantitative estimate of drug-likeness (QED) is 0.310. The van der Waals surface area contributed by atoms with Gasteiger partial charge in [-0.2, -0.15) is 0 Å². The fourth-order valence-corrected chi connectivity index (χ4v) is 4.39. The van der Waals surface area contributed by atoms with Gasteiger partial charge in [-0.25, -0.2) is 0 Å². The number of carbonyl (C=O) groups excluding carboxylic acids is 4. The van der Waals surface area contributed by atoms with Crippen LogP contribution in [0.5, 0.6) is 0 Å². The number of rotatable bonds is 12. The van der Waals surface area contributed by atoms with Gasteiger partial charge < -0.3 is 22.1 Å². The van der Waals surface area contributed by atoms with E-state index < -0.39 is 35.6 Å². The van der Waals surface area contributed by atoms with Gasteiger partial charge in [-0.1, -0.05) is 79.7 Å². The van der Waals surface area contributed by atoms with Crippen molar-refractivity contribution in [2.75, 3.05) is 0 Å². The van der Waals surface area contributed by atoms with Crippen molar-refractivity contribution in [3.63, 3.8) is 0 Å². The first-order chi connectivity index (χ1) is 17.2. The second-order valence-electron chi connectivity index (χ2n) is 9.03. The lowest BCUT2D eigenvalue weighted by Crippen LogP contribution is -2.63. The van der Waals surface area contributed by atoms with E-state index in [2.05, 4.69) is 10.6 Å². The Morgan fingerprint density at radius 2 is 1.53 bits per heavy atom. The second kappa shape index (κ2) is 12.0. The van der Waals surface area contributed by atoms with Crippen LogP contribution in [0, 0.1) is 5.92 Å². The number of carbonyl (C=O) groups is 4. The number of fused-ring (bicyclic) bond motifs is 1. The van der Waals surface area contributed by atoms with E-state index in [4.69, 9.17) is 11.5 Å². The van der Waals surface area contributed by atoms with Gasteiger partial charge in [0, 0.05) is 19.4 Å². The van der Waals surface area contributed by atoms with Crippen molar-refractivity contribution in [2.45, 2.75) is 44.7 Å². The number of hydrogen-bond donors (Lipinski definition) is 4. The number of nitrogens with one attached hydrogen (secondary N) is 2. The molecule has 4 amide bonds. The number of benzene rings is 3. The molecule has 2 atom stereocenters. The van der Waals surface area contributed by atoms with E-state index in [9.17, 15) is 19.2 Å². The standard InChI is InChI=1S/C28H32N4O4/c1-19(16-26(35)31-18-22-12-7-11-21-10-5-6-13-23(21)22)28(27(30)36,17-24(29)33)32-25(34)15-14-20-8-3-2-4-9-20/h2-13,19H,14-18H2,1H3,(H2,29,33)(H2,30,36)(H,31,35)(H,32,34)/t19-,28?/m0/s1. The molecule has 36 heavy (non-hydrogen) atoms. The highest BCUT2D eigenvalue weighted by atomic mass is 16.2. The third-order valence-corrected chi connectivity index (χ3v) is 6.43. The largest absolute Gasteiger partial charge is 0.370 e. The van der Waals surface area contributed by atoms with Crippen molar-refractivity contribution < 1.29 is 19.2 Å². The van der Waals surface area contributed by atoms with Crippen LogP contribution in [0.3, 0.4) is 0 Å². The van der Waals surface area contributed by atoms with Gasteiger partial charge in [-0.3, -0.25) is 19.2 Å². The van der Waals surface area contributed by atoms with Gasteiger partial charge in [0.2, 0.25) is 23.6 Å². The van der Waals surface area contributed by atoms with Gasteiger partial charge in [0.1, 0.15) is 5.54 Å². The highest BCUT2D eigenvalue weighted by molar-refractivity contribution is 5.95. The highest BCUT2D eigenvalue weighted by Crippen LogP contribution is 2.26. The SMILES string of the molecule is C[C@@H](CC(=O)NCc1cccc2ccccc12)C(CC(N)=O)(NC(=O)CCc1ccccc1)C(N)=O. The van der Waals surface area contributed by atoms with Gasteiger partial charge in [-0.05, 0) is 34.2 Å². The number of aryl methyl sites for hydroxylation is 1. The Bertz CT molecular complexity index is 1240. The first kappa shape index (κ1) is 26.4. The molecule has 1 unspecified atom stereocenters. The van der Waals surface area contributed by atoms with Crippen LogP contribution < -0.4 is 22.1 Å². The van der Waals surface area contributed by atoms with Gasteiger partial charge in [0.25, 0.3) is 0 Å². The zero-order chi connectivity index (χ0) is 26.1. The lowest BCUT2D eigenvalue weighted by Gasteiger charge is -2.36. The lowest BCUT2D eigenvalue weighted by molar-refractivity contribution is -0.138. The number of primary amides is 2. The Labute approximate surface area is 210 Å². The van der Waals surface area contributed by atoms with Crippen molar-refractivity contribution in [3.8, 4) is 0 Å². The summed E-state index contributed by atoms with van der Waals surface area (Å²) in [5.41, 5.74) is 11.2. The van der Waals surface area contributed by atoms with Gasteiger partial charge in [0.05, 0.1) is 6.42 Å². The first-order valence-corrected chi connectivity index (χ1v) is 11.9. The molecule has 0 fully saturated rings. The predicted molar refractivity (Wildman–Crippen MR) is 138 cm³/mol. The summed E-state index contributed by atoms with van der Waals surface area (Å²) in [6.07, 6.45) is -0.118. The molecule has 0 heterocycles. The summed E-state index contributed by atoms with van der Waals surface area (Å²) in [5, 5.41) is 7.59. The Balaban J connectivity index is 1.69. The summed E-state index contributed by atoms with van der Waals surface area (Å²) >= 11 is 0. The minimum absolute atomic E-state index is 0.0812. The Morgan fingerprint density at radius 3 is 2.22 bits per heavy atom. The highest BCUT2D eigenvalue weighted by Gasteiger charge is 2.45. The first-order valence-electron chi connectivity index (χ1n) is 11.9. The summed E-state index contributed by atoms with van der Waals surface area (Å²) in [7, 11) is 0. The molecular formula is C28H32N4O4. The normalized spacial score (nSPS) is 13.4. The smallest absolute Gasteiger partial charge is 0.244 e. The molecule has 8 nitrogen and oxygen atoms in total. The van der Waals surface area contributed by atoms with E-state index in [1.54, 1.807) is 6.92 Å². The minimum Gasteiger partial charge on any atom is -0.370 e. The minimum atomic E-state index is -1.78. The van der Waals surface area contributed by atoms with Crippen LogP contribution in [-0.2, 0) is 32.1 Å². The third-order valence-electron chi connectivity index (χ3n) is 6.43. The molecule has 3 aromatic rings. The van der Waals surface area contributed by atoms with Crippen molar-refractivity contribution in [1.29, 1.82) is 0 Å². The van der Waals surface area contributed by atoms with Gasteiger partial charge in [-0.15, -0.1) is 0 Å². The van der Waals surface area contributed by atoms with Crippen LogP contribution in [0.1, 0.15) is 37.3 Å². The van der Waals surface area contributed by atoms with Crippen LogP contribution in [0.4, 0.5) is 0 Å². The van der Waals surface area contributed by atoms with E-state index in [0.717, 1.165) is 21.9 Å². The van der Waals surface area contributed by atoms with Crippen molar-refractivity contribution in [2.24, 2.45) is 17.4 Å². The van der Waals surface area contributed by atoms with E-state index in [1.807, 2.05) is 72.8 Å². The van der Waals surface area contributed by atoms with Crippen molar-refractivity contribution in [1.82, 2.24) is 10.6 Å².